The maximum absolute atomic E-state index is 8.88. The topological polar surface area (TPSA) is 20.2 Å². The molecule has 16 heavy (non-hydrogen) atoms. The van der Waals surface area contributed by atoms with Crippen LogP contribution in [0.5, 0.6) is 0 Å². The lowest BCUT2D eigenvalue weighted by Crippen LogP contribution is -2.12. The molecule has 0 saturated carbocycles. The van der Waals surface area contributed by atoms with Crippen molar-refractivity contribution < 1.29 is 5.02 Å². The molecule has 0 amide bonds. The van der Waals surface area contributed by atoms with Crippen LogP contribution in [0.15, 0.2) is 54.6 Å². The monoisotopic (exact) mass is 211 g/mol. The third-order valence-electron chi connectivity index (χ3n) is 2.14. The van der Waals surface area contributed by atoms with Gasteiger partial charge in [0.05, 0.1) is 0 Å². The summed E-state index contributed by atoms with van der Waals surface area (Å²) in [6.45, 7) is 4.00. The van der Waals surface area contributed by atoms with Gasteiger partial charge in [0, 0.05) is 0 Å². The highest BCUT2D eigenvalue weighted by molar-refractivity contribution is 6.45. The van der Waals surface area contributed by atoms with Crippen molar-refractivity contribution in [2.45, 2.75) is 13.8 Å². The molecule has 0 heterocycles. The van der Waals surface area contributed by atoms with E-state index in [1.807, 2.05) is 56.3 Å². The van der Waals surface area contributed by atoms with Gasteiger partial charge >= 0.3 is 7.48 Å². The fraction of sp³-hybridized carbons (Fsp3) is 0.143. The molecule has 0 aromatic heterocycles. The zero-order valence-electron chi connectivity index (χ0n) is 9.72. The SMILES string of the molecule is CC.O[B]c1cccc(-c2ccccc2)c1. The molecule has 81 valence electrons. The van der Waals surface area contributed by atoms with Crippen LogP contribution in [0.1, 0.15) is 13.8 Å². The van der Waals surface area contributed by atoms with Gasteiger partial charge in [-0.25, -0.2) is 0 Å². The van der Waals surface area contributed by atoms with Crippen LogP contribution in [0.4, 0.5) is 0 Å². The largest absolute Gasteiger partial charge is 0.450 e. The van der Waals surface area contributed by atoms with Crippen LogP contribution < -0.4 is 5.46 Å². The van der Waals surface area contributed by atoms with Gasteiger partial charge in [-0.2, -0.15) is 0 Å². The van der Waals surface area contributed by atoms with Crippen LogP contribution >= 0.6 is 0 Å². The Kier molecular flexibility index (Phi) is 5.37. The Hall–Kier alpha value is -1.54. The van der Waals surface area contributed by atoms with E-state index in [9.17, 15) is 0 Å². The molecule has 0 fully saturated rings. The molecule has 0 aliphatic carbocycles. The second-order valence-electron chi connectivity index (χ2n) is 3.12. The average Bonchev–Trinajstić information content (AvgIpc) is 2.42. The van der Waals surface area contributed by atoms with Gasteiger partial charge in [0.15, 0.2) is 0 Å². The first-order valence-corrected chi connectivity index (χ1v) is 5.53. The molecule has 0 bridgehead atoms. The number of hydrogen-bond acceptors (Lipinski definition) is 1. The lowest BCUT2D eigenvalue weighted by atomic mass is 9.86. The van der Waals surface area contributed by atoms with Crippen LogP contribution in [0.25, 0.3) is 11.1 Å². The van der Waals surface area contributed by atoms with Gasteiger partial charge in [-0.3, -0.25) is 0 Å². The standard InChI is InChI=1S/C12H10BO.C2H6/c14-13-12-8-4-7-11(9-12)10-5-2-1-3-6-10;1-2/h1-9,14H;1-2H3. The zero-order chi connectivity index (χ0) is 11.8. The maximum atomic E-state index is 8.88. The van der Waals surface area contributed by atoms with E-state index in [-0.39, 0.29) is 0 Å². The normalized spacial score (nSPS) is 8.94. The van der Waals surface area contributed by atoms with E-state index in [0.717, 1.165) is 24.1 Å². The predicted octanol–water partition coefficient (Wildman–Crippen LogP) is 2.62. The molecule has 1 N–H and O–H groups in total. The molecule has 0 atom stereocenters. The summed E-state index contributed by atoms with van der Waals surface area (Å²) in [7, 11) is 1.12. The van der Waals surface area contributed by atoms with Gasteiger partial charge in [0.25, 0.3) is 0 Å². The van der Waals surface area contributed by atoms with Crippen LogP contribution in [-0.2, 0) is 0 Å². The summed E-state index contributed by atoms with van der Waals surface area (Å²) in [6.07, 6.45) is 0. The minimum absolute atomic E-state index is 0.825. The van der Waals surface area contributed by atoms with E-state index < -0.39 is 0 Å². The summed E-state index contributed by atoms with van der Waals surface area (Å²) in [4.78, 5) is 0. The second kappa shape index (κ2) is 6.86. The van der Waals surface area contributed by atoms with E-state index in [2.05, 4.69) is 12.1 Å². The average molecular weight is 211 g/mol. The molecule has 2 rings (SSSR count). The van der Waals surface area contributed by atoms with E-state index in [1.54, 1.807) is 0 Å². The lowest BCUT2D eigenvalue weighted by molar-refractivity contribution is 0.615. The smallest absolute Gasteiger partial charge is 0.326 e. The Labute approximate surface area is 98.0 Å². The predicted molar refractivity (Wildman–Crippen MR) is 70.8 cm³/mol. The van der Waals surface area contributed by atoms with Crippen molar-refractivity contribution in [2.75, 3.05) is 0 Å². The first kappa shape index (κ1) is 12.5. The van der Waals surface area contributed by atoms with Crippen molar-refractivity contribution in [1.29, 1.82) is 0 Å². The van der Waals surface area contributed by atoms with Gasteiger partial charge < -0.3 is 5.02 Å². The summed E-state index contributed by atoms with van der Waals surface area (Å²) in [5, 5.41) is 8.88. The van der Waals surface area contributed by atoms with Crippen LogP contribution in [0.3, 0.4) is 0 Å². The first-order chi connectivity index (χ1) is 7.90. The molecule has 0 aliphatic rings. The molecule has 1 nitrogen and oxygen atoms in total. The number of benzene rings is 2. The highest BCUT2D eigenvalue weighted by Crippen LogP contribution is 2.16. The molecule has 0 aliphatic heterocycles. The number of rotatable bonds is 2. The highest BCUT2D eigenvalue weighted by Gasteiger charge is 1.98. The third-order valence-corrected chi connectivity index (χ3v) is 2.14. The molecule has 2 heteroatoms. The van der Waals surface area contributed by atoms with Crippen molar-refractivity contribution in [3.05, 3.63) is 54.6 Å². The van der Waals surface area contributed by atoms with Gasteiger partial charge in [0.2, 0.25) is 0 Å². The Bertz CT molecular complexity index is 412. The minimum Gasteiger partial charge on any atom is -0.450 e. The third kappa shape index (κ3) is 3.25. The second-order valence-corrected chi connectivity index (χ2v) is 3.12. The minimum atomic E-state index is 0.825. The summed E-state index contributed by atoms with van der Waals surface area (Å²) in [6, 6.07) is 17.9. The van der Waals surface area contributed by atoms with Crippen molar-refractivity contribution in [1.82, 2.24) is 0 Å². The Balaban J connectivity index is 0.000000606. The summed E-state index contributed by atoms with van der Waals surface area (Å²) in [5.74, 6) is 0. The van der Waals surface area contributed by atoms with Crippen molar-refractivity contribution in [2.24, 2.45) is 0 Å². The Morgan fingerprint density at radius 2 is 1.44 bits per heavy atom. The quantitative estimate of drug-likeness (QED) is 0.757. The van der Waals surface area contributed by atoms with E-state index in [0.29, 0.717) is 0 Å². The van der Waals surface area contributed by atoms with Crippen molar-refractivity contribution in [3.8, 4) is 11.1 Å². The van der Waals surface area contributed by atoms with Crippen LogP contribution in [-0.4, -0.2) is 12.5 Å². The molecule has 1 radical (unpaired) electrons. The van der Waals surface area contributed by atoms with Crippen molar-refractivity contribution in [3.63, 3.8) is 0 Å². The summed E-state index contributed by atoms with van der Waals surface area (Å²) >= 11 is 0. The maximum Gasteiger partial charge on any atom is 0.326 e. The molecule has 2 aromatic carbocycles. The number of hydrogen-bond donors (Lipinski definition) is 1. The highest BCUT2D eigenvalue weighted by atomic mass is 16.2. The van der Waals surface area contributed by atoms with Crippen LogP contribution in [0.2, 0.25) is 0 Å². The molecular weight excluding hydrogens is 195 g/mol. The zero-order valence-corrected chi connectivity index (χ0v) is 9.72. The first-order valence-electron chi connectivity index (χ1n) is 5.53. The van der Waals surface area contributed by atoms with E-state index in [1.165, 1.54) is 0 Å². The molecule has 2 aromatic rings. The molecule has 0 spiro atoms. The summed E-state index contributed by atoms with van der Waals surface area (Å²) < 4.78 is 0. The van der Waals surface area contributed by atoms with Crippen LogP contribution in [0, 0.1) is 0 Å². The fourth-order valence-corrected chi connectivity index (χ4v) is 1.43. The van der Waals surface area contributed by atoms with E-state index >= 15 is 0 Å². The molecular formula is C14H16BO. The fourth-order valence-electron chi connectivity index (χ4n) is 1.43. The Morgan fingerprint density at radius 3 is 2.06 bits per heavy atom. The van der Waals surface area contributed by atoms with Gasteiger partial charge in [-0.15, -0.1) is 0 Å². The van der Waals surface area contributed by atoms with Gasteiger partial charge in [0.1, 0.15) is 0 Å². The van der Waals surface area contributed by atoms with Gasteiger partial charge in [-0.1, -0.05) is 73.9 Å². The van der Waals surface area contributed by atoms with E-state index in [4.69, 9.17) is 5.02 Å². The lowest BCUT2D eigenvalue weighted by Gasteiger charge is -2.02. The van der Waals surface area contributed by atoms with Gasteiger partial charge in [-0.05, 0) is 11.1 Å². The Morgan fingerprint density at radius 1 is 0.812 bits per heavy atom. The molecule has 0 unspecified atom stereocenters. The van der Waals surface area contributed by atoms with Crippen molar-refractivity contribution >= 4 is 12.9 Å². The molecule has 0 saturated heterocycles. The summed E-state index contributed by atoms with van der Waals surface area (Å²) in [5.41, 5.74) is 3.11.